The Kier molecular flexibility index (Phi) is 5.99. The molecule has 3 rings (SSSR count). The summed E-state index contributed by atoms with van der Waals surface area (Å²) in [7, 11) is 0. The highest BCUT2D eigenvalue weighted by Crippen LogP contribution is 2.28. The molecule has 0 saturated heterocycles. The first-order valence-electron chi connectivity index (χ1n) is 8.75. The minimum absolute atomic E-state index is 0.0293. The molecule has 7 heteroatoms. The lowest BCUT2D eigenvalue weighted by Crippen LogP contribution is -2.41. The number of H-pyrrole nitrogens is 1. The Morgan fingerprint density at radius 3 is 2.64 bits per heavy atom. The maximum atomic E-state index is 12.6. The monoisotopic (exact) mass is 361 g/mol. The van der Waals surface area contributed by atoms with Gasteiger partial charge in [-0.25, -0.2) is 5.10 Å². The van der Waals surface area contributed by atoms with Gasteiger partial charge < -0.3 is 14.8 Å². The van der Waals surface area contributed by atoms with Crippen molar-refractivity contribution < 1.29 is 14.3 Å². The lowest BCUT2D eigenvalue weighted by atomic mass is 9.82. The molecular weight excluding hydrogens is 338 g/mol. The number of amides is 1. The zero-order valence-electron chi connectivity index (χ0n) is 14.0. The van der Waals surface area contributed by atoms with Crippen molar-refractivity contribution in [3.63, 3.8) is 0 Å². The molecule has 1 aromatic carbocycles. The number of carbonyl (C=O) groups is 1. The van der Waals surface area contributed by atoms with Gasteiger partial charge in [0, 0.05) is 23.8 Å². The molecule has 3 N–H and O–H groups in total. The van der Waals surface area contributed by atoms with Crippen LogP contribution in [0.4, 0.5) is 0 Å². The van der Waals surface area contributed by atoms with E-state index in [4.69, 9.17) is 16.6 Å². The summed E-state index contributed by atoms with van der Waals surface area (Å²) < 4.78 is 5.27. The van der Waals surface area contributed by atoms with Gasteiger partial charge in [0.25, 0.3) is 10.7 Å². The van der Waals surface area contributed by atoms with Crippen molar-refractivity contribution >= 4 is 18.1 Å². The van der Waals surface area contributed by atoms with Crippen molar-refractivity contribution in [3.8, 4) is 11.5 Å². The number of hydrogen-bond donors (Lipinski definition) is 3. The molecule has 1 amide bonds. The number of aromatic amines is 1. The Labute approximate surface area is 151 Å². The van der Waals surface area contributed by atoms with Gasteiger partial charge in [0.15, 0.2) is 0 Å². The lowest BCUT2D eigenvalue weighted by Gasteiger charge is -2.30. The summed E-state index contributed by atoms with van der Waals surface area (Å²) in [5.41, 5.74) is 1.33. The molecule has 25 heavy (non-hydrogen) atoms. The molecule has 134 valence electrons. The number of rotatable bonds is 6. The fraction of sp³-hybridized carbons (Fsp3) is 0.500. The van der Waals surface area contributed by atoms with Crippen LogP contribution in [0.5, 0.6) is 0 Å². The molecule has 1 saturated carbocycles. The summed E-state index contributed by atoms with van der Waals surface area (Å²) in [5, 5.41) is 19.0. The highest BCUT2D eigenvalue weighted by atomic mass is 32.1. The maximum Gasteiger partial charge on any atom is 0.284 e. The van der Waals surface area contributed by atoms with E-state index in [1.807, 2.05) is 0 Å². The minimum atomic E-state index is -0.113. The molecule has 1 aromatic heterocycles. The lowest BCUT2D eigenvalue weighted by molar-refractivity contribution is 0.0899. The average molecular weight is 361 g/mol. The quantitative estimate of drug-likeness (QED) is 0.686. The van der Waals surface area contributed by atoms with E-state index in [-0.39, 0.29) is 23.4 Å². The van der Waals surface area contributed by atoms with E-state index >= 15 is 0 Å². The zero-order chi connectivity index (χ0) is 17.6. The van der Waals surface area contributed by atoms with Gasteiger partial charge in [0.1, 0.15) is 0 Å². The molecule has 0 bridgehead atoms. The predicted octanol–water partition coefficient (Wildman–Crippen LogP) is 3.46. The van der Waals surface area contributed by atoms with Crippen molar-refractivity contribution in [2.45, 2.75) is 44.6 Å². The van der Waals surface area contributed by atoms with E-state index in [0.717, 1.165) is 18.4 Å². The number of hydrogen-bond acceptors (Lipinski definition) is 5. The summed E-state index contributed by atoms with van der Waals surface area (Å²) in [4.78, 5) is 12.8. The molecule has 6 nitrogen and oxygen atoms in total. The minimum Gasteiger partial charge on any atom is -0.409 e. The van der Waals surface area contributed by atoms with Crippen LogP contribution in [-0.4, -0.2) is 33.9 Å². The number of carbonyl (C=O) groups excluding carboxylic acids is 1. The Morgan fingerprint density at radius 2 is 2.04 bits per heavy atom. The van der Waals surface area contributed by atoms with E-state index in [0.29, 0.717) is 23.8 Å². The zero-order valence-corrected chi connectivity index (χ0v) is 14.8. The Hall–Kier alpha value is -1.99. The normalized spacial score (nSPS) is 16.5. The topological polar surface area (TPSA) is 91.1 Å². The van der Waals surface area contributed by atoms with Crippen LogP contribution >= 0.6 is 12.2 Å². The van der Waals surface area contributed by atoms with Gasteiger partial charge in [-0.1, -0.05) is 19.3 Å². The molecule has 0 spiro atoms. The predicted molar refractivity (Wildman–Crippen MR) is 96.7 cm³/mol. The van der Waals surface area contributed by atoms with Gasteiger partial charge in [-0.05, 0) is 61.7 Å². The molecule has 1 heterocycles. The highest BCUT2D eigenvalue weighted by Gasteiger charge is 2.25. The van der Waals surface area contributed by atoms with E-state index in [1.54, 1.807) is 24.3 Å². The number of nitrogens with one attached hydrogen (secondary N) is 2. The smallest absolute Gasteiger partial charge is 0.284 e. The number of aliphatic hydroxyl groups is 1. The molecule has 1 fully saturated rings. The molecule has 1 aliphatic carbocycles. The van der Waals surface area contributed by atoms with Crippen LogP contribution in [0.25, 0.3) is 11.5 Å². The van der Waals surface area contributed by atoms with E-state index < -0.39 is 0 Å². The van der Waals surface area contributed by atoms with Gasteiger partial charge in [0.05, 0.1) is 0 Å². The van der Waals surface area contributed by atoms with E-state index in [1.165, 1.54) is 19.3 Å². The Morgan fingerprint density at radius 1 is 1.32 bits per heavy atom. The molecule has 1 aliphatic rings. The number of aliphatic hydroxyl groups excluding tert-OH is 1. The summed E-state index contributed by atoms with van der Waals surface area (Å²) >= 11 is 4.87. The third-order valence-corrected chi connectivity index (χ3v) is 4.98. The fourth-order valence-electron chi connectivity index (χ4n) is 3.47. The molecular formula is C18H23N3O3S. The summed E-state index contributed by atoms with van der Waals surface area (Å²) in [6, 6.07) is 7.08. The van der Waals surface area contributed by atoms with Crippen LogP contribution in [0.2, 0.25) is 0 Å². The standard InChI is InChI=1S/C18H23N3O3S/c22-11-10-15(12-4-2-1-3-5-12)19-16(23)13-6-8-14(9-7-13)17-20-21-18(25)24-17/h6-9,12,15,22H,1-5,10-11H2,(H,19,23)(H,21,25). The summed E-state index contributed by atoms with van der Waals surface area (Å²) in [6.07, 6.45) is 6.51. The van der Waals surface area contributed by atoms with Crippen molar-refractivity contribution in [3.05, 3.63) is 34.7 Å². The van der Waals surface area contributed by atoms with Crippen molar-refractivity contribution in [1.82, 2.24) is 15.5 Å². The maximum absolute atomic E-state index is 12.6. The van der Waals surface area contributed by atoms with Crippen LogP contribution in [0.1, 0.15) is 48.9 Å². The van der Waals surface area contributed by atoms with Crippen LogP contribution < -0.4 is 5.32 Å². The van der Waals surface area contributed by atoms with Gasteiger partial charge in [-0.2, -0.15) is 0 Å². The number of benzene rings is 1. The molecule has 0 aliphatic heterocycles. The molecule has 1 atom stereocenters. The van der Waals surface area contributed by atoms with Gasteiger partial charge in [-0.3, -0.25) is 4.79 Å². The Balaban J connectivity index is 1.67. The average Bonchev–Trinajstić information content (AvgIpc) is 3.08. The summed E-state index contributed by atoms with van der Waals surface area (Å²) in [5.74, 6) is 0.744. The van der Waals surface area contributed by atoms with Gasteiger partial charge in [0.2, 0.25) is 5.89 Å². The highest BCUT2D eigenvalue weighted by molar-refractivity contribution is 7.71. The van der Waals surface area contributed by atoms with Crippen LogP contribution in [-0.2, 0) is 0 Å². The molecule has 0 radical (unpaired) electrons. The first kappa shape index (κ1) is 17.8. The van der Waals surface area contributed by atoms with E-state index in [9.17, 15) is 9.90 Å². The summed E-state index contributed by atoms with van der Waals surface area (Å²) in [6.45, 7) is 0.0878. The Bertz CT molecular complexity index is 747. The largest absolute Gasteiger partial charge is 0.409 e. The molecule has 2 aromatic rings. The molecule has 1 unspecified atom stereocenters. The number of aromatic nitrogens is 2. The third kappa shape index (κ3) is 4.55. The van der Waals surface area contributed by atoms with Crippen LogP contribution in [0.15, 0.2) is 28.7 Å². The van der Waals surface area contributed by atoms with Crippen molar-refractivity contribution in [2.24, 2.45) is 5.92 Å². The van der Waals surface area contributed by atoms with Gasteiger partial charge in [-0.15, -0.1) is 5.10 Å². The number of nitrogens with zero attached hydrogens (tertiary/aromatic N) is 1. The SMILES string of the molecule is O=C(NC(CCO)C1CCCCC1)c1ccc(-c2n[nH]c(=S)o2)cc1. The first-order valence-corrected chi connectivity index (χ1v) is 9.16. The second-order valence-electron chi connectivity index (χ2n) is 6.49. The van der Waals surface area contributed by atoms with Crippen LogP contribution in [0, 0.1) is 10.8 Å². The van der Waals surface area contributed by atoms with Gasteiger partial charge >= 0.3 is 0 Å². The fourth-order valence-corrected chi connectivity index (χ4v) is 3.60. The van der Waals surface area contributed by atoms with Crippen molar-refractivity contribution in [2.75, 3.05) is 6.61 Å². The third-order valence-electron chi connectivity index (χ3n) is 4.81. The van der Waals surface area contributed by atoms with Crippen LogP contribution in [0.3, 0.4) is 0 Å². The second kappa shape index (κ2) is 8.40. The van der Waals surface area contributed by atoms with E-state index in [2.05, 4.69) is 15.5 Å². The second-order valence-corrected chi connectivity index (χ2v) is 6.86. The first-order chi connectivity index (χ1) is 12.2. The van der Waals surface area contributed by atoms with Crippen molar-refractivity contribution in [1.29, 1.82) is 0 Å².